The number of carbonyl (C=O) groups is 1. The number of amides is 2. The molecule has 5 rings (SSSR count). The molecule has 1 aromatic carbocycles. The molecule has 0 bridgehead atoms. The van der Waals surface area contributed by atoms with E-state index in [0.29, 0.717) is 53.2 Å². The maximum Gasteiger partial charge on any atom is 0.353 e. The molecule has 0 saturated heterocycles. The second-order valence-corrected chi connectivity index (χ2v) is 10.4. The van der Waals surface area contributed by atoms with Crippen LogP contribution in [0.5, 0.6) is 5.88 Å². The summed E-state index contributed by atoms with van der Waals surface area (Å²) in [6.45, 7) is 2.41. The molecule has 2 aromatic rings. The lowest BCUT2D eigenvalue weighted by atomic mass is 9.98. The lowest BCUT2D eigenvalue weighted by molar-refractivity contribution is 0.248. The molecule has 160 valence electrons. The Morgan fingerprint density at radius 3 is 2.83 bits per heavy atom. The van der Waals surface area contributed by atoms with E-state index in [2.05, 4.69) is 14.8 Å². The molecule has 1 aliphatic heterocycles. The van der Waals surface area contributed by atoms with Crippen LogP contribution in [0.25, 0.3) is 0 Å². The van der Waals surface area contributed by atoms with Crippen molar-refractivity contribution < 1.29 is 22.5 Å². The van der Waals surface area contributed by atoms with E-state index in [1.165, 1.54) is 12.5 Å². The number of ether oxygens (including phenoxy) is 1. The maximum atomic E-state index is 14.8. The Labute approximate surface area is 173 Å². The second kappa shape index (κ2) is 6.76. The highest BCUT2D eigenvalue weighted by atomic mass is 32.2. The van der Waals surface area contributed by atoms with Gasteiger partial charge in [0.15, 0.2) is 0 Å². The van der Waals surface area contributed by atoms with Crippen molar-refractivity contribution >= 4 is 21.4 Å². The zero-order valence-corrected chi connectivity index (χ0v) is 17.5. The van der Waals surface area contributed by atoms with Gasteiger partial charge in [-0.2, -0.15) is 5.10 Å². The van der Waals surface area contributed by atoms with Crippen molar-refractivity contribution in [1.29, 1.82) is 0 Å². The fourth-order valence-corrected chi connectivity index (χ4v) is 5.87. The number of rotatable bonds is 2. The second-order valence-electron chi connectivity index (χ2n) is 8.21. The Morgan fingerprint density at radius 2 is 2.03 bits per heavy atom. The summed E-state index contributed by atoms with van der Waals surface area (Å²) in [4.78, 5) is 13.0. The van der Waals surface area contributed by atoms with Gasteiger partial charge in [-0.05, 0) is 48.4 Å². The van der Waals surface area contributed by atoms with Crippen LogP contribution in [0.2, 0.25) is 0 Å². The van der Waals surface area contributed by atoms with E-state index < -0.39 is 21.9 Å². The van der Waals surface area contributed by atoms with Crippen LogP contribution in [0.1, 0.15) is 35.6 Å². The SMILES string of the molecule is CC1Cn2ncc(S(C)(=O)=NC(=O)Nc3c4c(c(F)c5c3C[C@@H](F)C5)CCC4)c2O1. The van der Waals surface area contributed by atoms with Gasteiger partial charge in [0.05, 0.1) is 22.5 Å². The van der Waals surface area contributed by atoms with Gasteiger partial charge < -0.3 is 10.1 Å². The van der Waals surface area contributed by atoms with Crippen LogP contribution in [0.3, 0.4) is 0 Å². The largest absolute Gasteiger partial charge is 0.472 e. The summed E-state index contributed by atoms with van der Waals surface area (Å²) in [5.74, 6) is 0.0176. The number of fused-ring (bicyclic) bond motifs is 3. The summed E-state index contributed by atoms with van der Waals surface area (Å²) >= 11 is 0. The molecule has 0 radical (unpaired) electrons. The summed E-state index contributed by atoms with van der Waals surface area (Å²) in [6, 6.07) is -0.807. The number of anilines is 1. The van der Waals surface area contributed by atoms with E-state index in [9.17, 15) is 17.8 Å². The van der Waals surface area contributed by atoms with E-state index in [-0.39, 0.29) is 29.7 Å². The van der Waals surface area contributed by atoms with Crippen molar-refractivity contribution in [2.24, 2.45) is 4.36 Å². The minimum absolute atomic E-state index is 0.0110. The molecule has 0 spiro atoms. The van der Waals surface area contributed by atoms with E-state index in [0.717, 1.165) is 6.42 Å². The number of benzene rings is 1. The minimum atomic E-state index is -3.13. The number of aromatic nitrogens is 2. The average Bonchev–Trinajstić information content (AvgIpc) is 3.40. The first-order chi connectivity index (χ1) is 14.2. The van der Waals surface area contributed by atoms with Crippen molar-refractivity contribution in [1.82, 2.24) is 9.78 Å². The fourth-order valence-electron chi connectivity index (χ4n) is 4.69. The van der Waals surface area contributed by atoms with E-state index in [1.54, 1.807) is 4.68 Å². The van der Waals surface area contributed by atoms with Crippen molar-refractivity contribution in [3.63, 3.8) is 0 Å². The van der Waals surface area contributed by atoms with Gasteiger partial charge in [0.2, 0.25) is 5.88 Å². The molecule has 7 nitrogen and oxygen atoms in total. The van der Waals surface area contributed by atoms with Gasteiger partial charge in [0, 0.05) is 24.8 Å². The standard InChI is InChI=1S/C20H22F2N4O3S/c1-10-9-26-19(29-10)16(8-23-26)30(2,28)25-20(27)24-18-13-5-3-4-12(13)17(22)14-6-11(21)7-15(14)18/h8,10-11H,3-7,9H2,1-2H3,(H,24,27)/t10?,11-,30?/m0/s1. The minimum Gasteiger partial charge on any atom is -0.472 e. The lowest BCUT2D eigenvalue weighted by Gasteiger charge is -2.16. The highest BCUT2D eigenvalue weighted by molar-refractivity contribution is 7.93. The number of hydrogen-bond donors (Lipinski definition) is 1. The van der Waals surface area contributed by atoms with Crippen molar-refractivity contribution in [2.75, 3.05) is 11.6 Å². The van der Waals surface area contributed by atoms with Crippen LogP contribution in [0.4, 0.5) is 19.3 Å². The van der Waals surface area contributed by atoms with Crippen LogP contribution in [0.15, 0.2) is 15.5 Å². The average molecular weight is 436 g/mol. The third-order valence-electron chi connectivity index (χ3n) is 5.97. The monoisotopic (exact) mass is 436 g/mol. The molecule has 1 aromatic heterocycles. The highest BCUT2D eigenvalue weighted by Gasteiger charge is 2.34. The normalized spacial score (nSPS) is 23.3. The lowest BCUT2D eigenvalue weighted by Crippen LogP contribution is -2.15. The van der Waals surface area contributed by atoms with E-state index >= 15 is 0 Å². The molecule has 2 unspecified atom stereocenters. The molecule has 3 aliphatic rings. The molecule has 2 amide bonds. The molecule has 2 heterocycles. The smallest absolute Gasteiger partial charge is 0.353 e. The van der Waals surface area contributed by atoms with Gasteiger partial charge in [-0.1, -0.05) is 0 Å². The van der Waals surface area contributed by atoms with E-state index in [4.69, 9.17) is 4.74 Å². The molecule has 0 saturated carbocycles. The molecule has 30 heavy (non-hydrogen) atoms. The summed E-state index contributed by atoms with van der Waals surface area (Å²) < 4.78 is 53.2. The first-order valence-corrected chi connectivity index (χ1v) is 11.9. The van der Waals surface area contributed by atoms with Gasteiger partial charge in [-0.25, -0.2) is 22.5 Å². The Hall–Kier alpha value is -2.49. The first kappa shape index (κ1) is 19.5. The van der Waals surface area contributed by atoms with Crippen LogP contribution in [0, 0.1) is 5.82 Å². The van der Waals surface area contributed by atoms with Gasteiger partial charge >= 0.3 is 6.03 Å². The van der Waals surface area contributed by atoms with Gasteiger partial charge in [-0.15, -0.1) is 4.36 Å². The molecular formula is C20H22F2N4O3S. The fraction of sp³-hybridized carbons (Fsp3) is 0.500. The summed E-state index contributed by atoms with van der Waals surface area (Å²) in [5, 5.41) is 6.85. The van der Waals surface area contributed by atoms with Crippen LogP contribution in [-0.2, 0) is 42.0 Å². The zero-order valence-electron chi connectivity index (χ0n) is 16.7. The summed E-state index contributed by atoms with van der Waals surface area (Å²) in [6.07, 6.45) is 3.50. The predicted octanol–water partition coefficient (Wildman–Crippen LogP) is 3.42. The van der Waals surface area contributed by atoms with Crippen molar-refractivity contribution in [2.45, 2.75) is 62.7 Å². The van der Waals surface area contributed by atoms with Gasteiger partial charge in [0.25, 0.3) is 0 Å². The van der Waals surface area contributed by atoms with Gasteiger partial charge in [-0.3, -0.25) is 0 Å². The third kappa shape index (κ3) is 3.00. The molecule has 0 fully saturated rings. The number of halogens is 2. The van der Waals surface area contributed by atoms with Gasteiger partial charge in [0.1, 0.15) is 23.0 Å². The van der Waals surface area contributed by atoms with Crippen molar-refractivity contribution in [3.05, 3.63) is 34.3 Å². The molecular weight excluding hydrogens is 414 g/mol. The number of alkyl halides is 1. The number of urea groups is 1. The van der Waals surface area contributed by atoms with Crippen LogP contribution in [-0.4, -0.2) is 38.6 Å². The number of nitrogens with zero attached hydrogens (tertiary/aromatic N) is 3. The summed E-state index contributed by atoms with van der Waals surface area (Å²) in [7, 11) is -3.13. The molecule has 2 aliphatic carbocycles. The zero-order chi connectivity index (χ0) is 21.2. The quantitative estimate of drug-likeness (QED) is 0.782. The number of carbonyl (C=O) groups excluding carboxylic acids is 1. The Balaban J connectivity index is 1.51. The maximum absolute atomic E-state index is 14.8. The number of hydrogen-bond acceptors (Lipinski definition) is 4. The Bertz CT molecular complexity index is 1200. The molecule has 10 heteroatoms. The third-order valence-corrected chi connectivity index (χ3v) is 7.58. The van der Waals surface area contributed by atoms with Crippen molar-refractivity contribution in [3.8, 4) is 5.88 Å². The van der Waals surface area contributed by atoms with Crippen LogP contribution >= 0.6 is 0 Å². The Morgan fingerprint density at radius 1 is 1.30 bits per heavy atom. The molecule has 3 atom stereocenters. The summed E-state index contributed by atoms with van der Waals surface area (Å²) in [5.41, 5.74) is 2.53. The topological polar surface area (TPSA) is 85.6 Å². The first-order valence-electron chi connectivity index (χ1n) is 9.99. The Kier molecular flexibility index (Phi) is 4.39. The number of nitrogens with one attached hydrogen (secondary N) is 1. The molecule has 1 N–H and O–H groups in total. The predicted molar refractivity (Wildman–Crippen MR) is 107 cm³/mol. The van der Waals surface area contributed by atoms with Crippen LogP contribution < -0.4 is 10.1 Å². The van der Waals surface area contributed by atoms with E-state index in [1.807, 2.05) is 6.92 Å². The highest BCUT2D eigenvalue weighted by Crippen LogP contribution is 2.41.